The highest BCUT2D eigenvalue weighted by Crippen LogP contribution is 2.21. The van der Waals surface area contributed by atoms with Gasteiger partial charge < -0.3 is 10.1 Å². The van der Waals surface area contributed by atoms with Crippen LogP contribution in [-0.4, -0.2) is 24.6 Å². The third kappa shape index (κ3) is 5.96. The average molecular weight is 422 g/mol. The van der Waals surface area contributed by atoms with E-state index in [4.69, 9.17) is 4.74 Å². The topological polar surface area (TPSA) is 79.8 Å². The first-order valence-electron chi connectivity index (χ1n) is 7.78. The minimum Gasteiger partial charge on any atom is -0.493 e. The smallest absolute Gasteiger partial charge is 0.249 e. The lowest BCUT2D eigenvalue weighted by atomic mass is 10.2. The molecule has 2 rings (SSSR count). The molecule has 0 unspecified atom stereocenters. The fraction of sp³-hybridized carbons (Fsp3) is 0.167. The number of anilines is 1. The van der Waals surface area contributed by atoms with Crippen molar-refractivity contribution in [1.29, 1.82) is 0 Å². The van der Waals surface area contributed by atoms with E-state index in [2.05, 4.69) is 31.8 Å². The van der Waals surface area contributed by atoms with E-state index in [-0.39, 0.29) is 5.69 Å². The van der Waals surface area contributed by atoms with Gasteiger partial charge in [0.25, 0.3) is 0 Å². The summed E-state index contributed by atoms with van der Waals surface area (Å²) in [6.45, 7) is 2.35. The Morgan fingerprint density at radius 3 is 2.73 bits per heavy atom. The van der Waals surface area contributed by atoms with Crippen molar-refractivity contribution >= 4 is 39.6 Å². The number of hydrogen-bond acceptors (Lipinski definition) is 4. The van der Waals surface area contributed by atoms with Crippen LogP contribution in [0.5, 0.6) is 5.75 Å². The molecular weight excluding hydrogens is 405 g/mol. The predicted octanol–water partition coefficient (Wildman–Crippen LogP) is 3.47. The number of nitrogens with zero attached hydrogens (tertiary/aromatic N) is 1. The van der Waals surface area contributed by atoms with Gasteiger partial charge >= 0.3 is 0 Å². The molecule has 0 saturated heterocycles. The molecule has 0 fully saturated rings. The van der Waals surface area contributed by atoms with Gasteiger partial charge in [0.1, 0.15) is 18.0 Å². The van der Waals surface area contributed by atoms with Gasteiger partial charge in [-0.3, -0.25) is 9.59 Å². The molecule has 8 heteroatoms. The van der Waals surface area contributed by atoms with Crippen molar-refractivity contribution in [3.8, 4) is 5.75 Å². The number of benzene rings is 2. The third-order valence-electron chi connectivity index (χ3n) is 3.13. The Morgan fingerprint density at radius 2 is 2.00 bits per heavy atom. The zero-order chi connectivity index (χ0) is 18.9. The number of rotatable bonds is 7. The summed E-state index contributed by atoms with van der Waals surface area (Å²) in [5.74, 6) is -1.22. The Labute approximate surface area is 158 Å². The van der Waals surface area contributed by atoms with E-state index in [1.165, 1.54) is 24.4 Å². The van der Waals surface area contributed by atoms with Gasteiger partial charge in [-0.05, 0) is 37.3 Å². The second-order valence-corrected chi connectivity index (χ2v) is 6.03. The molecule has 0 aliphatic heterocycles. The van der Waals surface area contributed by atoms with Gasteiger partial charge in [-0.2, -0.15) is 5.10 Å². The molecule has 0 atom stereocenters. The van der Waals surface area contributed by atoms with Crippen molar-refractivity contribution < 1.29 is 18.7 Å². The van der Waals surface area contributed by atoms with Crippen LogP contribution >= 0.6 is 15.9 Å². The van der Waals surface area contributed by atoms with Crippen molar-refractivity contribution in [1.82, 2.24) is 5.43 Å². The molecule has 136 valence electrons. The molecule has 2 N–H and O–H groups in total. The number of nitrogens with one attached hydrogen (secondary N) is 2. The van der Waals surface area contributed by atoms with Gasteiger partial charge in [-0.15, -0.1) is 0 Å². The first-order valence-corrected chi connectivity index (χ1v) is 8.57. The van der Waals surface area contributed by atoms with Gasteiger partial charge in [-0.25, -0.2) is 9.82 Å². The summed E-state index contributed by atoms with van der Waals surface area (Å²) in [5, 5.41) is 6.15. The molecule has 26 heavy (non-hydrogen) atoms. The van der Waals surface area contributed by atoms with E-state index >= 15 is 0 Å². The highest BCUT2D eigenvalue weighted by Gasteiger charge is 2.11. The van der Waals surface area contributed by atoms with E-state index in [0.717, 1.165) is 4.47 Å². The summed E-state index contributed by atoms with van der Waals surface area (Å²) in [7, 11) is 0. The second kappa shape index (κ2) is 9.67. The maximum Gasteiger partial charge on any atom is 0.249 e. The molecule has 0 radical (unpaired) electrons. The molecule has 0 aromatic heterocycles. The minimum absolute atomic E-state index is 0.0179. The van der Waals surface area contributed by atoms with Crippen LogP contribution in [0.25, 0.3) is 0 Å². The summed E-state index contributed by atoms with van der Waals surface area (Å²) >= 11 is 3.35. The van der Waals surface area contributed by atoms with Crippen molar-refractivity contribution in [3.05, 3.63) is 58.3 Å². The quantitative estimate of drug-likeness (QED) is 0.408. The molecular formula is C18H17BrFN3O3. The van der Waals surface area contributed by atoms with Crippen LogP contribution < -0.4 is 15.5 Å². The minimum atomic E-state index is -0.639. The highest BCUT2D eigenvalue weighted by atomic mass is 79.9. The first kappa shape index (κ1) is 19.6. The number of halogens is 2. The van der Waals surface area contributed by atoms with E-state index in [1.54, 1.807) is 18.2 Å². The van der Waals surface area contributed by atoms with E-state index in [9.17, 15) is 14.0 Å². The van der Waals surface area contributed by atoms with Crippen molar-refractivity contribution in [2.45, 2.75) is 13.3 Å². The van der Waals surface area contributed by atoms with Gasteiger partial charge in [0.15, 0.2) is 0 Å². The normalized spacial score (nSPS) is 10.6. The molecule has 0 bridgehead atoms. The van der Waals surface area contributed by atoms with Gasteiger partial charge in [-0.1, -0.05) is 28.1 Å². The van der Waals surface area contributed by atoms with Gasteiger partial charge in [0.2, 0.25) is 11.8 Å². The molecule has 0 saturated carbocycles. The Hall–Kier alpha value is -2.74. The van der Waals surface area contributed by atoms with Crippen LogP contribution in [-0.2, 0) is 9.59 Å². The molecule has 0 aliphatic carbocycles. The molecule has 2 aromatic rings. The van der Waals surface area contributed by atoms with Crippen LogP contribution in [0.1, 0.15) is 18.9 Å². The lowest BCUT2D eigenvalue weighted by Gasteiger charge is -2.07. The Balaban J connectivity index is 1.90. The second-order valence-electron chi connectivity index (χ2n) is 5.11. The maximum absolute atomic E-state index is 13.5. The van der Waals surface area contributed by atoms with Crippen molar-refractivity contribution in [2.24, 2.45) is 5.10 Å². The molecule has 6 nitrogen and oxygen atoms in total. The molecule has 0 heterocycles. The Morgan fingerprint density at radius 1 is 1.23 bits per heavy atom. The lowest BCUT2D eigenvalue weighted by molar-refractivity contribution is -0.126. The number of hydrogen-bond donors (Lipinski definition) is 2. The highest BCUT2D eigenvalue weighted by molar-refractivity contribution is 9.10. The summed E-state index contributed by atoms with van der Waals surface area (Å²) in [4.78, 5) is 23.6. The fourth-order valence-electron chi connectivity index (χ4n) is 2.02. The molecule has 2 amide bonds. The number of hydrazone groups is 1. The van der Waals surface area contributed by atoms with Gasteiger partial charge in [0, 0.05) is 10.0 Å². The van der Waals surface area contributed by atoms with Crippen LogP contribution in [0.2, 0.25) is 0 Å². The Bertz CT molecular complexity index is 827. The van der Waals surface area contributed by atoms with Crippen LogP contribution in [0.4, 0.5) is 10.1 Å². The van der Waals surface area contributed by atoms with E-state index < -0.39 is 24.1 Å². The van der Waals surface area contributed by atoms with Crippen molar-refractivity contribution in [3.63, 3.8) is 0 Å². The monoisotopic (exact) mass is 421 g/mol. The molecule has 2 aromatic carbocycles. The van der Waals surface area contributed by atoms with Crippen molar-refractivity contribution in [2.75, 3.05) is 11.9 Å². The lowest BCUT2D eigenvalue weighted by Crippen LogP contribution is -2.25. The zero-order valence-electron chi connectivity index (χ0n) is 14.0. The predicted molar refractivity (Wildman–Crippen MR) is 101 cm³/mol. The number of carbonyl (C=O) groups is 2. The van der Waals surface area contributed by atoms with E-state index in [0.29, 0.717) is 17.9 Å². The number of para-hydroxylation sites is 1. The summed E-state index contributed by atoms with van der Waals surface area (Å²) in [6.07, 6.45) is 0.935. The van der Waals surface area contributed by atoms with Gasteiger partial charge in [0.05, 0.1) is 18.5 Å². The van der Waals surface area contributed by atoms with Crippen LogP contribution in [0, 0.1) is 5.82 Å². The van der Waals surface area contributed by atoms with Crippen LogP contribution in [0.15, 0.2) is 52.0 Å². The largest absolute Gasteiger partial charge is 0.493 e. The first-order chi connectivity index (χ1) is 12.5. The SMILES string of the molecule is CCOc1ccc(Br)cc1C=NNC(=O)CC(=O)Nc1ccccc1F. The maximum atomic E-state index is 13.5. The summed E-state index contributed by atoms with van der Waals surface area (Å²) in [5.41, 5.74) is 2.94. The number of carbonyl (C=O) groups excluding carboxylic acids is 2. The summed E-state index contributed by atoms with van der Waals surface area (Å²) in [6, 6.07) is 11.1. The molecule has 0 aliphatic rings. The standard InChI is InChI=1S/C18H17BrFN3O3/c1-2-26-16-8-7-13(19)9-12(16)11-21-23-18(25)10-17(24)22-15-6-4-3-5-14(15)20/h3-9,11H,2,10H2,1H3,(H,22,24)(H,23,25). The fourth-order valence-corrected chi connectivity index (χ4v) is 2.40. The zero-order valence-corrected chi connectivity index (χ0v) is 15.5. The van der Waals surface area contributed by atoms with Crippen LogP contribution in [0.3, 0.4) is 0 Å². The number of ether oxygens (including phenoxy) is 1. The summed E-state index contributed by atoms with van der Waals surface area (Å²) < 4.78 is 19.8. The average Bonchev–Trinajstić information content (AvgIpc) is 2.59. The molecule has 0 spiro atoms. The Kier molecular flexibility index (Phi) is 7.28. The third-order valence-corrected chi connectivity index (χ3v) is 3.63. The van der Waals surface area contributed by atoms with E-state index in [1.807, 2.05) is 13.0 Å². The number of amides is 2.